The van der Waals surface area contributed by atoms with Crippen molar-refractivity contribution < 1.29 is 5.11 Å². The molecule has 1 aliphatic rings. The molecule has 0 saturated carbocycles. The highest BCUT2D eigenvalue weighted by Gasteiger charge is 2.29. The van der Waals surface area contributed by atoms with E-state index in [4.69, 9.17) is 5.11 Å². The highest BCUT2D eigenvalue weighted by molar-refractivity contribution is 5.59. The van der Waals surface area contributed by atoms with Gasteiger partial charge in [-0.25, -0.2) is 0 Å². The van der Waals surface area contributed by atoms with Crippen LogP contribution in [0.3, 0.4) is 0 Å². The molecule has 2 atom stereocenters. The number of rotatable bonds is 6. The maximum Gasteiger partial charge on any atom is 0.0431 e. The van der Waals surface area contributed by atoms with Gasteiger partial charge in [0, 0.05) is 24.3 Å². The molecule has 0 unspecified atom stereocenters. The number of anilines is 1. The van der Waals surface area contributed by atoms with E-state index in [1.807, 2.05) is 6.08 Å². The van der Waals surface area contributed by atoms with Crippen LogP contribution in [0.4, 0.5) is 5.69 Å². The van der Waals surface area contributed by atoms with Gasteiger partial charge in [0.25, 0.3) is 0 Å². The van der Waals surface area contributed by atoms with Gasteiger partial charge in [-0.15, -0.1) is 6.58 Å². The quantitative estimate of drug-likeness (QED) is 0.581. The molecule has 0 bridgehead atoms. The van der Waals surface area contributed by atoms with Gasteiger partial charge in [0.05, 0.1) is 0 Å². The average Bonchev–Trinajstić information content (AvgIpc) is 2.69. The Balaban J connectivity index is 2.09. The Morgan fingerprint density at radius 1 is 1.29 bits per heavy atom. The number of aliphatic hydroxyl groups excluding tert-OH is 1. The summed E-state index contributed by atoms with van der Waals surface area (Å²) in [5.41, 5.74) is 2.70. The van der Waals surface area contributed by atoms with Crippen molar-refractivity contribution in [3.8, 4) is 0 Å². The molecule has 0 fully saturated rings. The van der Waals surface area contributed by atoms with E-state index in [0.29, 0.717) is 18.6 Å². The number of para-hydroxylation sites is 1. The first-order valence-electron chi connectivity index (χ1n) is 6.44. The molecular formula is C15H21NO. The van der Waals surface area contributed by atoms with Crippen LogP contribution in [-0.2, 0) is 0 Å². The van der Waals surface area contributed by atoms with Gasteiger partial charge >= 0.3 is 0 Å². The van der Waals surface area contributed by atoms with Crippen molar-refractivity contribution in [2.75, 3.05) is 11.9 Å². The lowest BCUT2D eigenvalue weighted by Crippen LogP contribution is -2.19. The molecule has 1 aliphatic heterocycles. The van der Waals surface area contributed by atoms with Crippen molar-refractivity contribution in [2.24, 2.45) is 0 Å². The number of aliphatic hydroxyl groups is 1. The lowest BCUT2D eigenvalue weighted by Gasteiger charge is -2.18. The van der Waals surface area contributed by atoms with Gasteiger partial charge in [0.15, 0.2) is 0 Å². The first-order chi connectivity index (χ1) is 8.36. The van der Waals surface area contributed by atoms with Crippen LogP contribution in [0.25, 0.3) is 0 Å². The number of fused-ring (bicyclic) bond motifs is 1. The Labute approximate surface area is 103 Å². The molecule has 0 aromatic heterocycles. The standard InChI is InChI=1S/C15H21NO/c1-2-7-14-12(9-5-6-11-17)13-8-3-4-10-15(13)16-14/h2-4,8,10,12,14,16-17H,1,5-7,9,11H2/t12-,14+/m1/s1. The van der Waals surface area contributed by atoms with Crippen molar-refractivity contribution in [1.82, 2.24) is 0 Å². The molecule has 1 aromatic carbocycles. The number of hydrogen-bond acceptors (Lipinski definition) is 2. The Morgan fingerprint density at radius 3 is 2.88 bits per heavy atom. The van der Waals surface area contributed by atoms with Gasteiger partial charge in [-0.1, -0.05) is 30.7 Å². The SMILES string of the molecule is C=CC[C@@H]1Nc2ccccc2[C@H]1CCCCO. The second kappa shape index (κ2) is 5.87. The molecule has 0 spiro atoms. The van der Waals surface area contributed by atoms with Crippen LogP contribution in [0.1, 0.15) is 37.2 Å². The Hall–Kier alpha value is -1.28. The lowest BCUT2D eigenvalue weighted by molar-refractivity contribution is 0.280. The monoisotopic (exact) mass is 231 g/mol. The fourth-order valence-corrected chi connectivity index (χ4v) is 2.70. The third kappa shape index (κ3) is 2.70. The van der Waals surface area contributed by atoms with Crippen LogP contribution >= 0.6 is 0 Å². The van der Waals surface area contributed by atoms with Crippen molar-refractivity contribution in [1.29, 1.82) is 0 Å². The van der Waals surface area contributed by atoms with Gasteiger partial charge < -0.3 is 10.4 Å². The van der Waals surface area contributed by atoms with Crippen LogP contribution in [0.2, 0.25) is 0 Å². The van der Waals surface area contributed by atoms with Crippen molar-refractivity contribution in [3.63, 3.8) is 0 Å². The zero-order valence-corrected chi connectivity index (χ0v) is 10.2. The number of nitrogens with one attached hydrogen (secondary N) is 1. The molecular weight excluding hydrogens is 210 g/mol. The van der Waals surface area contributed by atoms with E-state index in [9.17, 15) is 0 Å². The lowest BCUT2D eigenvalue weighted by atomic mass is 9.88. The minimum atomic E-state index is 0.300. The van der Waals surface area contributed by atoms with E-state index in [-0.39, 0.29) is 0 Å². The van der Waals surface area contributed by atoms with Gasteiger partial charge in [0.2, 0.25) is 0 Å². The molecule has 0 amide bonds. The molecule has 0 aliphatic carbocycles. The van der Waals surface area contributed by atoms with E-state index < -0.39 is 0 Å². The summed E-state index contributed by atoms with van der Waals surface area (Å²) in [6.07, 6.45) is 6.12. The molecule has 2 nitrogen and oxygen atoms in total. The summed E-state index contributed by atoms with van der Waals surface area (Å²) in [7, 11) is 0. The number of unbranched alkanes of at least 4 members (excludes halogenated alkanes) is 1. The summed E-state index contributed by atoms with van der Waals surface area (Å²) < 4.78 is 0. The smallest absolute Gasteiger partial charge is 0.0431 e. The predicted octanol–water partition coefficient (Wildman–Crippen LogP) is 3.30. The second-order valence-corrected chi connectivity index (χ2v) is 4.69. The highest BCUT2D eigenvalue weighted by Crippen LogP contribution is 2.40. The molecule has 17 heavy (non-hydrogen) atoms. The van der Waals surface area contributed by atoms with Crippen molar-refractivity contribution in [3.05, 3.63) is 42.5 Å². The van der Waals surface area contributed by atoms with E-state index in [0.717, 1.165) is 25.7 Å². The molecule has 1 aromatic rings. The van der Waals surface area contributed by atoms with Crippen LogP contribution in [0.15, 0.2) is 36.9 Å². The topological polar surface area (TPSA) is 32.3 Å². The van der Waals surface area contributed by atoms with Crippen molar-refractivity contribution in [2.45, 2.75) is 37.6 Å². The van der Waals surface area contributed by atoms with E-state index in [1.165, 1.54) is 11.3 Å². The minimum Gasteiger partial charge on any atom is -0.396 e. The Kier molecular flexibility index (Phi) is 4.21. The maximum atomic E-state index is 8.87. The summed E-state index contributed by atoms with van der Waals surface area (Å²) in [6.45, 7) is 4.14. The van der Waals surface area contributed by atoms with Crippen LogP contribution in [-0.4, -0.2) is 17.8 Å². The minimum absolute atomic E-state index is 0.300. The predicted molar refractivity (Wildman–Crippen MR) is 72.3 cm³/mol. The summed E-state index contributed by atoms with van der Waals surface area (Å²) >= 11 is 0. The van der Waals surface area contributed by atoms with E-state index in [2.05, 4.69) is 36.2 Å². The van der Waals surface area contributed by atoms with Crippen LogP contribution in [0, 0.1) is 0 Å². The highest BCUT2D eigenvalue weighted by atomic mass is 16.2. The fourth-order valence-electron chi connectivity index (χ4n) is 2.70. The van der Waals surface area contributed by atoms with Crippen molar-refractivity contribution >= 4 is 5.69 Å². The van der Waals surface area contributed by atoms with Crippen LogP contribution in [0.5, 0.6) is 0 Å². The molecule has 1 heterocycles. The Morgan fingerprint density at radius 2 is 2.12 bits per heavy atom. The van der Waals surface area contributed by atoms with Gasteiger partial charge in [0.1, 0.15) is 0 Å². The zero-order chi connectivity index (χ0) is 12.1. The second-order valence-electron chi connectivity index (χ2n) is 4.69. The normalized spacial score (nSPS) is 21.9. The summed E-state index contributed by atoms with van der Waals surface area (Å²) in [5.74, 6) is 0.566. The molecule has 0 radical (unpaired) electrons. The first-order valence-corrected chi connectivity index (χ1v) is 6.44. The number of benzene rings is 1. The van der Waals surface area contributed by atoms with Crippen LogP contribution < -0.4 is 5.32 Å². The largest absolute Gasteiger partial charge is 0.396 e. The third-order valence-electron chi connectivity index (χ3n) is 3.53. The molecule has 0 saturated heterocycles. The molecule has 2 heteroatoms. The summed E-state index contributed by atoms with van der Waals surface area (Å²) in [4.78, 5) is 0. The molecule has 2 rings (SSSR count). The Bertz CT molecular complexity index is 375. The van der Waals surface area contributed by atoms with Gasteiger partial charge in [-0.3, -0.25) is 0 Å². The maximum absolute atomic E-state index is 8.87. The first kappa shape index (κ1) is 12.2. The molecule has 92 valence electrons. The summed E-state index contributed by atoms with van der Waals surface area (Å²) in [5, 5.41) is 12.5. The average molecular weight is 231 g/mol. The van der Waals surface area contributed by atoms with Gasteiger partial charge in [-0.2, -0.15) is 0 Å². The third-order valence-corrected chi connectivity index (χ3v) is 3.53. The summed E-state index contributed by atoms with van der Waals surface area (Å²) in [6, 6.07) is 9.03. The van der Waals surface area contributed by atoms with Gasteiger partial charge in [-0.05, 0) is 30.9 Å². The fraction of sp³-hybridized carbons (Fsp3) is 0.467. The van der Waals surface area contributed by atoms with E-state index >= 15 is 0 Å². The van der Waals surface area contributed by atoms with E-state index in [1.54, 1.807) is 0 Å². The molecule has 2 N–H and O–H groups in total. The number of hydrogen-bond donors (Lipinski definition) is 2. The zero-order valence-electron chi connectivity index (χ0n) is 10.2.